The lowest BCUT2D eigenvalue weighted by Gasteiger charge is -2.36. The van der Waals surface area contributed by atoms with Crippen LogP contribution in [0.2, 0.25) is 0 Å². The second-order valence-electron chi connectivity index (χ2n) is 11.7. The number of ether oxygens (including phenoxy) is 2. The highest BCUT2D eigenvalue weighted by Gasteiger charge is 2.37. The maximum atomic E-state index is 13.0. The van der Waals surface area contributed by atoms with E-state index in [2.05, 4.69) is 29.8 Å². The molecule has 9 heteroatoms. The highest BCUT2D eigenvalue weighted by Crippen LogP contribution is 2.33. The van der Waals surface area contributed by atoms with Gasteiger partial charge < -0.3 is 36.3 Å². The van der Waals surface area contributed by atoms with Gasteiger partial charge in [-0.15, -0.1) is 0 Å². The number of carbonyl (C=O) groups excluding carboxylic acids is 2. The molecular weight excluding hydrogens is 496 g/mol. The SMILES string of the molecule is COCCCCOc1ccccc1C(=O)NCC(CC(N)C(O)CNC(=O)C(C)(C)C1CCNCC1)C(C)C. The number of rotatable bonds is 17. The minimum absolute atomic E-state index is 0.0482. The molecule has 3 atom stereocenters. The molecule has 1 aromatic rings. The van der Waals surface area contributed by atoms with Crippen molar-refractivity contribution < 1.29 is 24.2 Å². The van der Waals surface area contributed by atoms with E-state index < -0.39 is 17.6 Å². The van der Waals surface area contributed by atoms with E-state index in [9.17, 15) is 14.7 Å². The molecule has 6 N–H and O–H groups in total. The zero-order chi connectivity index (χ0) is 28.8. The molecule has 1 fully saturated rings. The van der Waals surface area contributed by atoms with Gasteiger partial charge in [-0.3, -0.25) is 9.59 Å². The Bertz CT molecular complexity index is 873. The van der Waals surface area contributed by atoms with Gasteiger partial charge in [0.1, 0.15) is 5.75 Å². The number of amides is 2. The van der Waals surface area contributed by atoms with Crippen molar-refractivity contribution in [3.63, 3.8) is 0 Å². The molecule has 222 valence electrons. The van der Waals surface area contributed by atoms with Crippen LogP contribution in [-0.2, 0) is 9.53 Å². The fourth-order valence-corrected chi connectivity index (χ4v) is 5.03. The van der Waals surface area contributed by atoms with Crippen molar-refractivity contribution in [1.29, 1.82) is 0 Å². The lowest BCUT2D eigenvalue weighted by atomic mass is 9.73. The standard InChI is InChI=1S/C30H52N4O5/c1-21(2)22(19-33-28(36)24-10-6-7-11-27(24)39-17-9-8-16-38-5)18-25(31)26(35)20-34-29(37)30(3,4)23-12-14-32-15-13-23/h6-7,10-11,21-23,25-26,32,35H,8-9,12-20,31H2,1-5H3,(H,33,36)(H,34,37). The fourth-order valence-electron chi connectivity index (χ4n) is 5.03. The van der Waals surface area contributed by atoms with E-state index in [1.54, 1.807) is 19.2 Å². The van der Waals surface area contributed by atoms with Crippen LogP contribution in [0.15, 0.2) is 24.3 Å². The average molecular weight is 549 g/mol. The van der Waals surface area contributed by atoms with E-state index in [-0.39, 0.29) is 30.2 Å². The van der Waals surface area contributed by atoms with Crippen LogP contribution in [0.25, 0.3) is 0 Å². The fraction of sp³-hybridized carbons (Fsp3) is 0.733. The third-order valence-electron chi connectivity index (χ3n) is 8.09. The number of methoxy groups -OCH3 is 1. The van der Waals surface area contributed by atoms with E-state index >= 15 is 0 Å². The summed E-state index contributed by atoms with van der Waals surface area (Å²) in [6.45, 7) is 11.7. The molecule has 1 heterocycles. The number of unbranched alkanes of at least 4 members (excludes halogenated alkanes) is 1. The zero-order valence-electron chi connectivity index (χ0n) is 24.6. The second kappa shape index (κ2) is 16.8. The number of aliphatic hydroxyl groups is 1. The number of piperidine rings is 1. The first-order valence-corrected chi connectivity index (χ1v) is 14.5. The third kappa shape index (κ3) is 10.7. The molecule has 2 rings (SSSR count). The van der Waals surface area contributed by atoms with Gasteiger partial charge in [0.25, 0.3) is 5.91 Å². The largest absolute Gasteiger partial charge is 0.493 e. The van der Waals surface area contributed by atoms with Gasteiger partial charge >= 0.3 is 0 Å². The maximum Gasteiger partial charge on any atom is 0.255 e. The van der Waals surface area contributed by atoms with Gasteiger partial charge in [0.2, 0.25) is 5.91 Å². The van der Waals surface area contributed by atoms with Gasteiger partial charge in [-0.1, -0.05) is 39.8 Å². The molecule has 2 amide bonds. The number of nitrogens with one attached hydrogen (secondary N) is 3. The lowest BCUT2D eigenvalue weighted by Crippen LogP contribution is -2.50. The van der Waals surface area contributed by atoms with Crippen LogP contribution >= 0.6 is 0 Å². The minimum Gasteiger partial charge on any atom is -0.493 e. The third-order valence-corrected chi connectivity index (χ3v) is 8.09. The van der Waals surface area contributed by atoms with Crippen molar-refractivity contribution >= 4 is 11.8 Å². The summed E-state index contributed by atoms with van der Waals surface area (Å²) in [6, 6.07) is 6.70. The van der Waals surface area contributed by atoms with Crippen molar-refractivity contribution in [3.05, 3.63) is 29.8 Å². The number of hydrogen-bond acceptors (Lipinski definition) is 7. The van der Waals surface area contributed by atoms with E-state index in [1.165, 1.54) is 0 Å². The van der Waals surface area contributed by atoms with Crippen LogP contribution < -0.4 is 26.4 Å². The lowest BCUT2D eigenvalue weighted by molar-refractivity contribution is -0.133. The molecular formula is C30H52N4O5. The number of benzene rings is 1. The summed E-state index contributed by atoms with van der Waals surface area (Å²) in [5, 5.41) is 20.0. The van der Waals surface area contributed by atoms with Crippen molar-refractivity contribution in [2.24, 2.45) is 28.9 Å². The predicted molar refractivity (Wildman–Crippen MR) is 155 cm³/mol. The van der Waals surface area contributed by atoms with Crippen molar-refractivity contribution in [3.8, 4) is 5.75 Å². The van der Waals surface area contributed by atoms with Crippen molar-refractivity contribution in [2.45, 2.75) is 71.9 Å². The zero-order valence-corrected chi connectivity index (χ0v) is 24.6. The number of carbonyl (C=O) groups is 2. The van der Waals surface area contributed by atoms with Gasteiger partial charge in [0, 0.05) is 38.3 Å². The van der Waals surface area contributed by atoms with Crippen LogP contribution in [0, 0.1) is 23.2 Å². The van der Waals surface area contributed by atoms with Gasteiger partial charge in [0.05, 0.1) is 18.3 Å². The highest BCUT2D eigenvalue weighted by atomic mass is 16.5. The van der Waals surface area contributed by atoms with E-state index in [4.69, 9.17) is 15.2 Å². The molecule has 1 aromatic carbocycles. The molecule has 0 bridgehead atoms. The molecule has 1 aliphatic heterocycles. The monoisotopic (exact) mass is 548 g/mol. The topological polar surface area (TPSA) is 135 Å². The van der Waals surface area contributed by atoms with E-state index in [1.807, 2.05) is 26.0 Å². The molecule has 0 radical (unpaired) electrons. The number of hydrogen-bond donors (Lipinski definition) is 5. The molecule has 0 saturated carbocycles. The maximum absolute atomic E-state index is 13.0. The summed E-state index contributed by atoms with van der Waals surface area (Å²) >= 11 is 0. The molecule has 1 aliphatic rings. The smallest absolute Gasteiger partial charge is 0.255 e. The van der Waals surface area contributed by atoms with Crippen LogP contribution in [0.1, 0.15) is 70.2 Å². The molecule has 0 aromatic heterocycles. The van der Waals surface area contributed by atoms with Crippen LogP contribution in [0.4, 0.5) is 0 Å². The normalized spacial score (nSPS) is 16.9. The van der Waals surface area contributed by atoms with Crippen molar-refractivity contribution in [1.82, 2.24) is 16.0 Å². The quantitative estimate of drug-likeness (QED) is 0.189. The highest BCUT2D eigenvalue weighted by molar-refractivity contribution is 5.96. The Morgan fingerprint density at radius 3 is 2.44 bits per heavy atom. The Morgan fingerprint density at radius 2 is 1.77 bits per heavy atom. The Kier molecular flexibility index (Phi) is 14.2. The Balaban J connectivity index is 1.85. The Hall–Kier alpha value is -2.20. The molecule has 3 unspecified atom stereocenters. The minimum atomic E-state index is -0.873. The van der Waals surface area contributed by atoms with Crippen LogP contribution in [0.3, 0.4) is 0 Å². The first kappa shape index (κ1) is 33.0. The van der Waals surface area contributed by atoms with Crippen molar-refractivity contribution in [2.75, 3.05) is 46.5 Å². The van der Waals surface area contributed by atoms with Gasteiger partial charge in [-0.2, -0.15) is 0 Å². The summed E-state index contributed by atoms with van der Waals surface area (Å²) in [4.78, 5) is 25.9. The predicted octanol–water partition coefficient (Wildman–Crippen LogP) is 2.71. The molecule has 0 spiro atoms. The summed E-state index contributed by atoms with van der Waals surface area (Å²) in [7, 11) is 1.67. The summed E-state index contributed by atoms with van der Waals surface area (Å²) in [5.41, 5.74) is 6.37. The molecule has 0 aliphatic carbocycles. The van der Waals surface area contributed by atoms with Crippen LogP contribution in [0.5, 0.6) is 5.75 Å². The van der Waals surface area contributed by atoms with Crippen LogP contribution in [-0.4, -0.2) is 75.6 Å². The Morgan fingerprint density at radius 1 is 1.10 bits per heavy atom. The molecule has 1 saturated heterocycles. The summed E-state index contributed by atoms with van der Waals surface area (Å²) in [5.74, 6) is 0.919. The molecule has 39 heavy (non-hydrogen) atoms. The summed E-state index contributed by atoms with van der Waals surface area (Å²) in [6.07, 6.45) is 3.32. The first-order valence-electron chi connectivity index (χ1n) is 14.5. The average Bonchev–Trinajstić information content (AvgIpc) is 2.93. The van der Waals surface area contributed by atoms with Gasteiger partial charge in [0.15, 0.2) is 0 Å². The van der Waals surface area contributed by atoms with E-state index in [0.717, 1.165) is 38.8 Å². The number of para-hydroxylation sites is 1. The molecule has 9 nitrogen and oxygen atoms in total. The van der Waals surface area contributed by atoms with Gasteiger partial charge in [-0.25, -0.2) is 0 Å². The second-order valence-corrected chi connectivity index (χ2v) is 11.7. The number of aliphatic hydroxyl groups excluding tert-OH is 1. The van der Waals surface area contributed by atoms with Gasteiger partial charge in [-0.05, 0) is 75.1 Å². The first-order chi connectivity index (χ1) is 18.6. The number of nitrogens with two attached hydrogens (primary N) is 1. The summed E-state index contributed by atoms with van der Waals surface area (Å²) < 4.78 is 10.9. The van der Waals surface area contributed by atoms with E-state index in [0.29, 0.717) is 43.4 Å². The Labute approximate surface area is 235 Å².